The molecule has 0 radical (unpaired) electrons. The zero-order valence-electron chi connectivity index (χ0n) is 10.3. The van der Waals surface area contributed by atoms with Crippen molar-refractivity contribution in [3.05, 3.63) is 0 Å². The highest BCUT2D eigenvalue weighted by atomic mass is 16.5. The SMILES string of the molecule is COC(=O)C(C)C(C)N1CCCC(C)C1. The minimum atomic E-state index is -0.0965. The van der Waals surface area contributed by atoms with Crippen molar-refractivity contribution in [1.82, 2.24) is 4.90 Å². The highest BCUT2D eigenvalue weighted by Gasteiger charge is 2.28. The number of carbonyl (C=O) groups is 1. The van der Waals surface area contributed by atoms with Crippen molar-refractivity contribution in [2.75, 3.05) is 20.2 Å². The van der Waals surface area contributed by atoms with Crippen molar-refractivity contribution in [2.24, 2.45) is 11.8 Å². The van der Waals surface area contributed by atoms with Crippen LogP contribution in [0.1, 0.15) is 33.6 Å². The molecule has 3 nitrogen and oxygen atoms in total. The van der Waals surface area contributed by atoms with Gasteiger partial charge in [-0.05, 0) is 32.2 Å². The summed E-state index contributed by atoms with van der Waals surface area (Å²) in [6.07, 6.45) is 2.56. The van der Waals surface area contributed by atoms with Gasteiger partial charge in [-0.15, -0.1) is 0 Å². The van der Waals surface area contributed by atoms with Crippen molar-refractivity contribution < 1.29 is 9.53 Å². The molecule has 1 saturated heterocycles. The number of esters is 1. The smallest absolute Gasteiger partial charge is 0.309 e. The first-order valence-corrected chi connectivity index (χ1v) is 5.88. The van der Waals surface area contributed by atoms with E-state index in [2.05, 4.69) is 18.7 Å². The Morgan fingerprint density at radius 2 is 2.13 bits per heavy atom. The summed E-state index contributed by atoms with van der Waals surface area (Å²) in [4.78, 5) is 13.8. The first kappa shape index (κ1) is 12.5. The first-order valence-electron chi connectivity index (χ1n) is 5.88. The van der Waals surface area contributed by atoms with Gasteiger partial charge in [-0.1, -0.05) is 13.8 Å². The zero-order chi connectivity index (χ0) is 11.4. The maximum atomic E-state index is 11.4. The third-order valence-corrected chi connectivity index (χ3v) is 3.56. The Morgan fingerprint density at radius 3 is 2.67 bits per heavy atom. The summed E-state index contributed by atoms with van der Waals surface area (Å²) in [5, 5.41) is 0. The maximum Gasteiger partial charge on any atom is 0.309 e. The Hall–Kier alpha value is -0.570. The molecule has 3 unspecified atom stereocenters. The largest absolute Gasteiger partial charge is 0.469 e. The Labute approximate surface area is 92.8 Å². The molecule has 0 N–H and O–H groups in total. The monoisotopic (exact) mass is 213 g/mol. The number of rotatable bonds is 3. The summed E-state index contributed by atoms with van der Waals surface area (Å²) in [5.41, 5.74) is 0. The van der Waals surface area contributed by atoms with Crippen LogP contribution < -0.4 is 0 Å². The Morgan fingerprint density at radius 1 is 1.47 bits per heavy atom. The molecular weight excluding hydrogens is 190 g/mol. The van der Waals surface area contributed by atoms with E-state index in [0.717, 1.165) is 19.0 Å². The number of hydrogen-bond donors (Lipinski definition) is 0. The lowest BCUT2D eigenvalue weighted by molar-refractivity contribution is -0.147. The van der Waals surface area contributed by atoms with Crippen LogP contribution in [0.3, 0.4) is 0 Å². The van der Waals surface area contributed by atoms with Gasteiger partial charge in [0.25, 0.3) is 0 Å². The van der Waals surface area contributed by atoms with Gasteiger partial charge in [-0.2, -0.15) is 0 Å². The third-order valence-electron chi connectivity index (χ3n) is 3.56. The molecule has 0 aliphatic carbocycles. The molecular formula is C12H23NO2. The zero-order valence-corrected chi connectivity index (χ0v) is 10.3. The summed E-state index contributed by atoms with van der Waals surface area (Å²) >= 11 is 0. The van der Waals surface area contributed by atoms with Crippen LogP contribution >= 0.6 is 0 Å². The lowest BCUT2D eigenvalue weighted by Gasteiger charge is -2.37. The molecule has 1 fully saturated rings. The Kier molecular flexibility index (Phi) is 4.58. The van der Waals surface area contributed by atoms with Crippen LogP contribution in [-0.4, -0.2) is 37.1 Å². The highest BCUT2D eigenvalue weighted by molar-refractivity contribution is 5.72. The van der Waals surface area contributed by atoms with Gasteiger partial charge < -0.3 is 4.74 Å². The number of nitrogens with zero attached hydrogens (tertiary/aromatic N) is 1. The number of piperidine rings is 1. The molecule has 0 amide bonds. The fraction of sp³-hybridized carbons (Fsp3) is 0.917. The van der Waals surface area contributed by atoms with Gasteiger partial charge in [0.1, 0.15) is 0 Å². The average Bonchev–Trinajstić information content (AvgIpc) is 2.26. The number of hydrogen-bond acceptors (Lipinski definition) is 3. The molecule has 3 atom stereocenters. The molecule has 0 spiro atoms. The molecule has 1 aliphatic heterocycles. The van der Waals surface area contributed by atoms with Gasteiger partial charge in [-0.25, -0.2) is 0 Å². The summed E-state index contributed by atoms with van der Waals surface area (Å²) in [7, 11) is 1.46. The Balaban J connectivity index is 2.51. The van der Waals surface area contributed by atoms with Crippen molar-refractivity contribution >= 4 is 5.97 Å². The van der Waals surface area contributed by atoms with Crippen LogP contribution in [0.5, 0.6) is 0 Å². The lowest BCUT2D eigenvalue weighted by atomic mass is 9.95. The van der Waals surface area contributed by atoms with Crippen molar-refractivity contribution in [1.29, 1.82) is 0 Å². The van der Waals surface area contributed by atoms with E-state index in [4.69, 9.17) is 4.74 Å². The molecule has 88 valence electrons. The lowest BCUT2D eigenvalue weighted by Crippen LogP contribution is -2.45. The van der Waals surface area contributed by atoms with E-state index >= 15 is 0 Å². The number of likely N-dealkylation sites (tertiary alicyclic amines) is 1. The standard InChI is InChI=1S/C12H23NO2/c1-9-6-5-7-13(8-9)11(3)10(2)12(14)15-4/h9-11H,5-8H2,1-4H3. The van der Waals surface area contributed by atoms with E-state index < -0.39 is 0 Å². The van der Waals surface area contributed by atoms with E-state index in [9.17, 15) is 4.79 Å². The fourth-order valence-corrected chi connectivity index (χ4v) is 2.29. The quantitative estimate of drug-likeness (QED) is 0.671. The summed E-state index contributed by atoms with van der Waals surface area (Å²) in [6, 6.07) is 0.292. The summed E-state index contributed by atoms with van der Waals surface area (Å²) in [5.74, 6) is 0.632. The molecule has 0 aromatic rings. The van der Waals surface area contributed by atoms with Crippen LogP contribution in [0.4, 0.5) is 0 Å². The molecule has 0 aromatic carbocycles. The molecule has 0 saturated carbocycles. The number of carbonyl (C=O) groups excluding carboxylic acids is 1. The Bertz CT molecular complexity index is 218. The molecule has 0 bridgehead atoms. The van der Waals surface area contributed by atoms with E-state index in [1.165, 1.54) is 20.0 Å². The van der Waals surface area contributed by atoms with Crippen molar-refractivity contribution in [2.45, 2.75) is 39.7 Å². The average molecular weight is 213 g/mol. The first-order chi connectivity index (χ1) is 7.06. The van der Waals surface area contributed by atoms with Crippen LogP contribution in [-0.2, 0) is 9.53 Å². The summed E-state index contributed by atoms with van der Waals surface area (Å²) in [6.45, 7) is 8.59. The van der Waals surface area contributed by atoms with Crippen molar-refractivity contribution in [3.8, 4) is 0 Å². The number of ether oxygens (including phenoxy) is 1. The second kappa shape index (κ2) is 5.50. The van der Waals surface area contributed by atoms with Crippen molar-refractivity contribution in [3.63, 3.8) is 0 Å². The van der Waals surface area contributed by atoms with E-state index in [1.807, 2.05) is 6.92 Å². The van der Waals surface area contributed by atoms with E-state index in [0.29, 0.717) is 6.04 Å². The second-order valence-corrected chi connectivity index (χ2v) is 4.79. The second-order valence-electron chi connectivity index (χ2n) is 4.79. The summed E-state index contributed by atoms with van der Waals surface area (Å²) < 4.78 is 4.79. The normalized spacial score (nSPS) is 27.1. The van der Waals surface area contributed by atoms with Gasteiger partial charge in [0.15, 0.2) is 0 Å². The van der Waals surface area contributed by atoms with Gasteiger partial charge in [-0.3, -0.25) is 9.69 Å². The van der Waals surface area contributed by atoms with Gasteiger partial charge in [0, 0.05) is 12.6 Å². The molecule has 1 rings (SSSR count). The number of methoxy groups -OCH3 is 1. The van der Waals surface area contributed by atoms with Crippen LogP contribution in [0.2, 0.25) is 0 Å². The molecule has 3 heteroatoms. The maximum absolute atomic E-state index is 11.4. The minimum Gasteiger partial charge on any atom is -0.469 e. The van der Waals surface area contributed by atoms with Crippen LogP contribution in [0, 0.1) is 11.8 Å². The van der Waals surface area contributed by atoms with Gasteiger partial charge in [0.2, 0.25) is 0 Å². The predicted octanol–water partition coefficient (Wildman–Crippen LogP) is 1.92. The topological polar surface area (TPSA) is 29.5 Å². The minimum absolute atomic E-state index is 0.0275. The molecule has 0 aromatic heterocycles. The molecule has 1 heterocycles. The molecule has 15 heavy (non-hydrogen) atoms. The highest BCUT2D eigenvalue weighted by Crippen LogP contribution is 2.21. The van der Waals surface area contributed by atoms with Crippen LogP contribution in [0.25, 0.3) is 0 Å². The predicted molar refractivity (Wildman–Crippen MR) is 60.6 cm³/mol. The van der Waals surface area contributed by atoms with E-state index in [1.54, 1.807) is 0 Å². The third kappa shape index (κ3) is 3.20. The van der Waals surface area contributed by atoms with Crippen LogP contribution in [0.15, 0.2) is 0 Å². The van der Waals surface area contributed by atoms with Gasteiger partial charge >= 0.3 is 5.97 Å². The fourth-order valence-electron chi connectivity index (χ4n) is 2.29. The molecule has 1 aliphatic rings. The van der Waals surface area contributed by atoms with Gasteiger partial charge in [0.05, 0.1) is 13.0 Å². The van der Waals surface area contributed by atoms with E-state index in [-0.39, 0.29) is 11.9 Å².